The van der Waals surface area contributed by atoms with Crippen molar-refractivity contribution in [2.75, 3.05) is 11.4 Å². The van der Waals surface area contributed by atoms with E-state index in [1.807, 2.05) is 0 Å². The van der Waals surface area contributed by atoms with Gasteiger partial charge in [-0.1, -0.05) is 18.5 Å². The van der Waals surface area contributed by atoms with Crippen LogP contribution >= 0.6 is 11.6 Å². The molecule has 2 rings (SSSR count). The molecule has 2 aromatic heterocycles. The highest BCUT2D eigenvalue weighted by molar-refractivity contribution is 6.32. The Morgan fingerprint density at radius 2 is 2.08 bits per heavy atom. The number of carbonyl (C=O) groups is 1. The molecule has 5 nitrogen and oxygen atoms in total. The molecule has 0 spiro atoms. The number of amides is 1. The van der Waals surface area contributed by atoms with Gasteiger partial charge in [0.25, 0.3) is 0 Å². The van der Waals surface area contributed by atoms with Crippen molar-refractivity contribution >= 4 is 23.2 Å². The number of anilines is 1. The minimum atomic E-state index is -4.45. The zero-order chi connectivity index (χ0) is 18.8. The zero-order valence-corrected chi connectivity index (χ0v) is 14.1. The Bertz CT molecular complexity index is 762. The van der Waals surface area contributed by atoms with Gasteiger partial charge in [0.1, 0.15) is 11.5 Å². The second-order valence-corrected chi connectivity index (χ2v) is 5.77. The van der Waals surface area contributed by atoms with Gasteiger partial charge in [0.2, 0.25) is 5.91 Å². The molecule has 136 valence electrons. The van der Waals surface area contributed by atoms with E-state index >= 15 is 0 Å². The van der Waals surface area contributed by atoms with Gasteiger partial charge in [-0.15, -0.1) is 0 Å². The molecule has 0 fully saturated rings. The quantitative estimate of drug-likeness (QED) is 0.739. The molecule has 0 saturated heterocycles. The van der Waals surface area contributed by atoms with Gasteiger partial charge in [-0.25, -0.2) is 9.07 Å². The highest BCUT2D eigenvalue weighted by Crippen LogP contribution is 2.30. The van der Waals surface area contributed by atoms with E-state index in [4.69, 9.17) is 11.6 Å². The molecule has 1 amide bonds. The van der Waals surface area contributed by atoms with Crippen LogP contribution in [0.2, 0.25) is 5.15 Å². The summed E-state index contributed by atoms with van der Waals surface area (Å²) >= 11 is 6.03. The summed E-state index contributed by atoms with van der Waals surface area (Å²) in [5.74, 6) is -2.58. The normalized spacial score (nSPS) is 12.9. The van der Waals surface area contributed by atoms with Crippen LogP contribution in [-0.4, -0.2) is 33.4 Å². The average molecular weight is 379 g/mol. The lowest BCUT2D eigenvalue weighted by Gasteiger charge is -2.24. The van der Waals surface area contributed by atoms with E-state index in [1.165, 1.54) is 24.0 Å². The van der Waals surface area contributed by atoms with Crippen LogP contribution in [0.1, 0.15) is 20.3 Å². The summed E-state index contributed by atoms with van der Waals surface area (Å²) in [5.41, 5.74) is 0.410. The van der Waals surface area contributed by atoms with E-state index in [0.29, 0.717) is 0 Å². The number of hydrogen-bond acceptors (Lipinski definition) is 3. The number of carbonyl (C=O) groups excluding carboxylic acids is 1. The van der Waals surface area contributed by atoms with Crippen LogP contribution in [-0.2, 0) is 4.79 Å². The fourth-order valence-corrected chi connectivity index (χ4v) is 2.56. The smallest absolute Gasteiger partial charge is 0.308 e. The molecule has 0 N–H and O–H groups in total. The van der Waals surface area contributed by atoms with E-state index in [9.17, 15) is 22.4 Å². The van der Waals surface area contributed by atoms with Crippen molar-refractivity contribution < 1.29 is 22.4 Å². The number of alkyl halides is 3. The second kappa shape index (κ2) is 7.38. The summed E-state index contributed by atoms with van der Waals surface area (Å²) in [6.45, 7) is 2.91. The van der Waals surface area contributed by atoms with E-state index < -0.39 is 30.2 Å². The summed E-state index contributed by atoms with van der Waals surface area (Å²) in [5, 5.41) is 3.88. The van der Waals surface area contributed by atoms with Crippen LogP contribution in [0.15, 0.2) is 24.7 Å². The Morgan fingerprint density at radius 3 is 2.64 bits per heavy atom. The molecule has 0 aromatic carbocycles. The Hall–Kier alpha value is -2.16. The zero-order valence-electron chi connectivity index (χ0n) is 13.4. The number of halogens is 5. The van der Waals surface area contributed by atoms with Gasteiger partial charge >= 0.3 is 6.18 Å². The third-order valence-electron chi connectivity index (χ3n) is 3.44. The van der Waals surface area contributed by atoms with Crippen molar-refractivity contribution in [3.8, 4) is 5.69 Å². The first kappa shape index (κ1) is 19.2. The molecule has 0 saturated carbocycles. The van der Waals surface area contributed by atoms with Gasteiger partial charge in [0.15, 0.2) is 5.15 Å². The molecule has 10 heteroatoms. The van der Waals surface area contributed by atoms with E-state index in [1.54, 1.807) is 6.92 Å². The molecule has 1 atom stereocenters. The largest absolute Gasteiger partial charge is 0.389 e. The topological polar surface area (TPSA) is 51.0 Å². The Morgan fingerprint density at radius 1 is 1.40 bits per heavy atom. The summed E-state index contributed by atoms with van der Waals surface area (Å²) in [4.78, 5) is 17.2. The number of rotatable bonds is 5. The minimum absolute atomic E-state index is 0.0846. The third-order valence-corrected chi connectivity index (χ3v) is 3.71. The van der Waals surface area contributed by atoms with Crippen LogP contribution in [0.5, 0.6) is 0 Å². The van der Waals surface area contributed by atoms with Crippen molar-refractivity contribution in [3.05, 3.63) is 35.6 Å². The Balaban J connectivity index is 2.31. The fraction of sp³-hybridized carbons (Fsp3) is 0.400. The number of nitrogens with zero attached hydrogens (tertiary/aromatic N) is 4. The van der Waals surface area contributed by atoms with E-state index in [-0.39, 0.29) is 23.1 Å². The molecule has 25 heavy (non-hydrogen) atoms. The van der Waals surface area contributed by atoms with Gasteiger partial charge < -0.3 is 4.90 Å². The molecule has 2 heterocycles. The van der Waals surface area contributed by atoms with E-state index in [0.717, 1.165) is 17.2 Å². The van der Waals surface area contributed by atoms with Crippen molar-refractivity contribution in [1.29, 1.82) is 0 Å². The van der Waals surface area contributed by atoms with Gasteiger partial charge in [-0.3, -0.25) is 9.78 Å². The first-order valence-corrected chi connectivity index (χ1v) is 7.74. The van der Waals surface area contributed by atoms with Crippen molar-refractivity contribution in [3.63, 3.8) is 0 Å². The first-order chi connectivity index (χ1) is 11.6. The molecule has 1 unspecified atom stereocenters. The van der Waals surface area contributed by atoms with Crippen LogP contribution in [0.25, 0.3) is 5.69 Å². The maximum absolute atomic E-state index is 13.3. The van der Waals surface area contributed by atoms with Gasteiger partial charge in [-0.05, 0) is 6.92 Å². The van der Waals surface area contributed by atoms with Crippen molar-refractivity contribution in [2.45, 2.75) is 26.4 Å². The SMILES string of the molecule is CCN(C(=O)C(C)CC(F)(F)F)c1cn(-c2cncc(F)c2)nc1Cl. The number of hydrogen-bond donors (Lipinski definition) is 0. The van der Waals surface area contributed by atoms with Crippen LogP contribution in [0, 0.1) is 11.7 Å². The van der Waals surface area contributed by atoms with Crippen LogP contribution < -0.4 is 4.90 Å². The Kier molecular flexibility index (Phi) is 5.66. The highest BCUT2D eigenvalue weighted by Gasteiger charge is 2.35. The van der Waals surface area contributed by atoms with Crippen molar-refractivity contribution in [1.82, 2.24) is 14.8 Å². The summed E-state index contributed by atoms with van der Waals surface area (Å²) in [7, 11) is 0. The van der Waals surface area contributed by atoms with Crippen LogP contribution in [0.4, 0.5) is 23.2 Å². The Labute approximate surface area is 146 Å². The lowest BCUT2D eigenvalue weighted by Crippen LogP contribution is -2.36. The highest BCUT2D eigenvalue weighted by atomic mass is 35.5. The average Bonchev–Trinajstić information content (AvgIpc) is 2.88. The number of aromatic nitrogens is 3. The lowest BCUT2D eigenvalue weighted by atomic mass is 10.1. The summed E-state index contributed by atoms with van der Waals surface area (Å²) in [6, 6.07) is 1.16. The standard InChI is InChI=1S/C15H15ClF4N4O/c1-3-23(14(25)9(2)5-15(18,19)20)12-8-24(22-13(12)16)11-4-10(17)6-21-7-11/h4,6-9H,3,5H2,1-2H3. The molecule has 0 radical (unpaired) electrons. The molecule has 0 aliphatic carbocycles. The number of pyridine rings is 1. The molecular formula is C15H15ClF4N4O. The summed E-state index contributed by atoms with van der Waals surface area (Å²) < 4.78 is 52.0. The molecule has 2 aromatic rings. The molecule has 0 aliphatic rings. The van der Waals surface area contributed by atoms with Gasteiger partial charge in [0.05, 0.1) is 30.7 Å². The van der Waals surface area contributed by atoms with Crippen molar-refractivity contribution in [2.24, 2.45) is 5.92 Å². The third kappa shape index (κ3) is 4.68. The summed E-state index contributed by atoms with van der Waals surface area (Å²) in [6.07, 6.45) is -1.99. The van der Waals surface area contributed by atoms with Gasteiger partial charge in [0, 0.05) is 18.5 Å². The lowest BCUT2D eigenvalue weighted by molar-refractivity contribution is -0.151. The molecule has 0 bridgehead atoms. The van der Waals surface area contributed by atoms with Crippen LogP contribution in [0.3, 0.4) is 0 Å². The molecular weight excluding hydrogens is 364 g/mol. The predicted molar refractivity (Wildman–Crippen MR) is 84.2 cm³/mol. The van der Waals surface area contributed by atoms with E-state index in [2.05, 4.69) is 10.1 Å². The second-order valence-electron chi connectivity index (χ2n) is 5.41. The maximum atomic E-state index is 13.3. The monoisotopic (exact) mass is 378 g/mol. The van der Waals surface area contributed by atoms with Gasteiger partial charge in [-0.2, -0.15) is 18.3 Å². The maximum Gasteiger partial charge on any atom is 0.389 e. The first-order valence-electron chi connectivity index (χ1n) is 7.36. The molecule has 0 aliphatic heterocycles. The fourth-order valence-electron chi connectivity index (χ4n) is 2.33. The minimum Gasteiger partial charge on any atom is -0.308 e. The predicted octanol–water partition coefficient (Wildman–Crippen LogP) is 4.00.